The maximum atomic E-state index is 14.3. The van der Waals surface area contributed by atoms with E-state index in [4.69, 9.17) is 0 Å². The summed E-state index contributed by atoms with van der Waals surface area (Å²) < 4.78 is 67.7. The number of halogens is 5. The van der Waals surface area contributed by atoms with Gasteiger partial charge in [0.15, 0.2) is 0 Å². The van der Waals surface area contributed by atoms with Crippen molar-refractivity contribution in [1.29, 1.82) is 0 Å². The van der Waals surface area contributed by atoms with E-state index in [0.29, 0.717) is 33.2 Å². The van der Waals surface area contributed by atoms with Crippen LogP contribution >= 0.6 is 0 Å². The van der Waals surface area contributed by atoms with Crippen LogP contribution in [0.5, 0.6) is 0 Å². The Labute approximate surface area is 173 Å². The van der Waals surface area contributed by atoms with Gasteiger partial charge in [-0.15, -0.1) is 0 Å². The molecule has 0 atom stereocenters. The van der Waals surface area contributed by atoms with Gasteiger partial charge in [-0.25, -0.2) is 8.78 Å². The molecule has 0 spiro atoms. The van der Waals surface area contributed by atoms with E-state index in [1.165, 1.54) is 30.5 Å². The normalized spacial score (nSPS) is 14.9. The van der Waals surface area contributed by atoms with Gasteiger partial charge in [-0.3, -0.25) is 4.99 Å². The topological polar surface area (TPSA) is 28.1 Å². The van der Waals surface area contributed by atoms with Gasteiger partial charge in [0.2, 0.25) is 0 Å². The molecule has 0 saturated carbocycles. The molecule has 3 aromatic carbocycles. The Kier molecular flexibility index (Phi) is 4.28. The largest absolute Gasteiger partial charge is 0.416 e. The first kappa shape index (κ1) is 19.2. The lowest BCUT2D eigenvalue weighted by molar-refractivity contribution is -0.137. The van der Waals surface area contributed by atoms with Gasteiger partial charge in [-0.05, 0) is 29.8 Å². The van der Waals surface area contributed by atoms with Gasteiger partial charge in [0.25, 0.3) is 0 Å². The zero-order valence-electron chi connectivity index (χ0n) is 15.8. The molecule has 1 N–H and O–H groups in total. The van der Waals surface area contributed by atoms with Crippen LogP contribution in [0.25, 0.3) is 22.0 Å². The molecule has 1 aromatic heterocycles. The Morgan fingerprint density at radius 1 is 0.839 bits per heavy atom. The lowest BCUT2D eigenvalue weighted by Gasteiger charge is -2.13. The maximum Gasteiger partial charge on any atom is 0.416 e. The van der Waals surface area contributed by atoms with E-state index in [1.54, 1.807) is 30.5 Å². The van der Waals surface area contributed by atoms with Crippen molar-refractivity contribution in [2.24, 2.45) is 4.99 Å². The molecule has 154 valence electrons. The molecule has 0 saturated heterocycles. The van der Waals surface area contributed by atoms with Crippen molar-refractivity contribution in [2.75, 3.05) is 0 Å². The Hall–Kier alpha value is -3.74. The van der Waals surface area contributed by atoms with Gasteiger partial charge in [-0.2, -0.15) is 13.2 Å². The highest BCUT2D eigenvalue weighted by Crippen LogP contribution is 2.42. The van der Waals surface area contributed by atoms with E-state index in [2.05, 4.69) is 9.98 Å². The van der Waals surface area contributed by atoms with Crippen LogP contribution in [0.2, 0.25) is 0 Å². The highest BCUT2D eigenvalue weighted by atomic mass is 19.4. The number of benzene rings is 3. The van der Waals surface area contributed by atoms with Crippen LogP contribution < -0.4 is 0 Å². The lowest BCUT2D eigenvalue weighted by Crippen LogP contribution is -2.04. The molecule has 1 aliphatic heterocycles. The first-order valence-corrected chi connectivity index (χ1v) is 9.35. The lowest BCUT2D eigenvalue weighted by atomic mass is 9.89. The van der Waals surface area contributed by atoms with Crippen LogP contribution in [0.4, 0.5) is 27.6 Å². The minimum atomic E-state index is -4.47. The number of nitrogens with zero attached hydrogens (tertiary/aromatic N) is 1. The molecular formula is C24H13F5N2. The van der Waals surface area contributed by atoms with Gasteiger partial charge in [-0.1, -0.05) is 36.4 Å². The zero-order valence-corrected chi connectivity index (χ0v) is 15.8. The SMILES string of the molecule is Fc1cccc2c1N=C/C2=C(/c1ccc(C(F)(F)F)cc1)c1c[nH]c2c(F)cccc12. The number of aromatic amines is 1. The third kappa shape index (κ3) is 3.13. The van der Waals surface area contributed by atoms with Crippen LogP contribution in [0, 0.1) is 11.6 Å². The van der Waals surface area contributed by atoms with Crippen molar-refractivity contribution >= 4 is 34.0 Å². The van der Waals surface area contributed by atoms with E-state index >= 15 is 0 Å². The van der Waals surface area contributed by atoms with Crippen LogP contribution in [-0.4, -0.2) is 11.2 Å². The maximum absolute atomic E-state index is 14.3. The number of aliphatic imine (C=N–C) groups is 1. The molecule has 2 heterocycles. The molecule has 0 bridgehead atoms. The molecule has 0 radical (unpaired) electrons. The molecule has 2 nitrogen and oxygen atoms in total. The van der Waals surface area contributed by atoms with Crippen LogP contribution in [0.1, 0.15) is 22.3 Å². The van der Waals surface area contributed by atoms with E-state index < -0.39 is 23.4 Å². The summed E-state index contributed by atoms with van der Waals surface area (Å²) >= 11 is 0. The zero-order chi connectivity index (χ0) is 21.8. The summed E-state index contributed by atoms with van der Waals surface area (Å²) in [6.45, 7) is 0. The highest BCUT2D eigenvalue weighted by Gasteiger charge is 2.30. The van der Waals surface area contributed by atoms with Gasteiger partial charge >= 0.3 is 6.18 Å². The van der Waals surface area contributed by atoms with Gasteiger partial charge in [0, 0.05) is 40.1 Å². The van der Waals surface area contributed by atoms with Crippen molar-refractivity contribution < 1.29 is 22.0 Å². The predicted molar refractivity (Wildman–Crippen MR) is 110 cm³/mol. The number of rotatable bonds is 2. The number of alkyl halides is 3. The van der Waals surface area contributed by atoms with E-state index in [-0.39, 0.29) is 11.2 Å². The Morgan fingerprint density at radius 3 is 2.29 bits per heavy atom. The second kappa shape index (κ2) is 6.91. The molecule has 5 rings (SSSR count). The first-order chi connectivity index (χ1) is 14.8. The van der Waals surface area contributed by atoms with Crippen molar-refractivity contribution in [3.05, 3.63) is 101 Å². The van der Waals surface area contributed by atoms with E-state index in [1.807, 2.05) is 0 Å². The Balaban J connectivity index is 1.80. The van der Waals surface area contributed by atoms with Crippen LogP contribution in [-0.2, 0) is 6.18 Å². The number of aromatic nitrogens is 1. The van der Waals surface area contributed by atoms with Crippen molar-refractivity contribution in [3.8, 4) is 0 Å². The Morgan fingerprint density at radius 2 is 1.55 bits per heavy atom. The average molecular weight is 424 g/mol. The summed E-state index contributed by atoms with van der Waals surface area (Å²) in [5.41, 5.74) is 2.28. The highest BCUT2D eigenvalue weighted by molar-refractivity contribution is 6.27. The fourth-order valence-corrected chi connectivity index (χ4v) is 3.87. The number of fused-ring (bicyclic) bond motifs is 2. The minimum Gasteiger partial charge on any atom is -0.358 e. The van der Waals surface area contributed by atoms with Gasteiger partial charge < -0.3 is 4.98 Å². The number of H-pyrrole nitrogens is 1. The molecule has 7 heteroatoms. The summed E-state index contributed by atoms with van der Waals surface area (Å²) in [5.74, 6) is -0.951. The smallest absolute Gasteiger partial charge is 0.358 e. The quantitative estimate of drug-likeness (QED) is 0.331. The summed E-state index contributed by atoms with van der Waals surface area (Å²) in [4.78, 5) is 7.06. The van der Waals surface area contributed by atoms with Crippen molar-refractivity contribution in [3.63, 3.8) is 0 Å². The molecule has 0 unspecified atom stereocenters. The van der Waals surface area contributed by atoms with E-state index in [9.17, 15) is 22.0 Å². The predicted octanol–water partition coefficient (Wildman–Crippen LogP) is 7.14. The molecule has 0 aliphatic carbocycles. The van der Waals surface area contributed by atoms with Crippen LogP contribution in [0.3, 0.4) is 0 Å². The minimum absolute atomic E-state index is 0.160. The summed E-state index contributed by atoms with van der Waals surface area (Å²) in [7, 11) is 0. The second-order valence-electron chi connectivity index (χ2n) is 7.12. The number of para-hydroxylation sites is 2. The van der Waals surface area contributed by atoms with Crippen molar-refractivity contribution in [2.45, 2.75) is 6.18 Å². The first-order valence-electron chi connectivity index (χ1n) is 9.35. The average Bonchev–Trinajstić information content (AvgIpc) is 3.35. The van der Waals surface area contributed by atoms with Crippen molar-refractivity contribution in [1.82, 2.24) is 4.98 Å². The monoisotopic (exact) mass is 424 g/mol. The number of hydrogen-bond acceptors (Lipinski definition) is 1. The van der Waals surface area contributed by atoms with Gasteiger partial charge in [0.1, 0.15) is 17.3 Å². The Bertz CT molecular complexity index is 1380. The third-order valence-electron chi connectivity index (χ3n) is 5.30. The fourth-order valence-electron chi connectivity index (χ4n) is 3.87. The van der Waals surface area contributed by atoms with Gasteiger partial charge in [0.05, 0.1) is 11.1 Å². The fraction of sp³-hybridized carbons (Fsp3) is 0.0417. The molecule has 4 aromatic rings. The molecule has 0 fully saturated rings. The van der Waals surface area contributed by atoms with Crippen LogP contribution in [0.15, 0.2) is 71.9 Å². The third-order valence-corrected chi connectivity index (χ3v) is 5.30. The molecule has 1 aliphatic rings. The summed E-state index contributed by atoms with van der Waals surface area (Å²) in [6.07, 6.45) is -1.39. The standard InChI is InChI=1S/C24H13F5N2/c25-19-5-1-3-15-17(11-30-22(15)19)21(13-7-9-14(10-8-13)24(27,28)29)18-12-31-23-16(18)4-2-6-20(23)26/h1-12,30H/b21-18+. The number of hydrogen-bond donors (Lipinski definition) is 1. The summed E-state index contributed by atoms with van der Waals surface area (Å²) in [5, 5.41) is 0.556. The molecular weight excluding hydrogens is 411 g/mol. The van der Waals surface area contributed by atoms with E-state index in [0.717, 1.165) is 12.1 Å². The second-order valence-corrected chi connectivity index (χ2v) is 7.12. The number of allylic oxidation sites excluding steroid dienone is 1. The molecule has 0 amide bonds. The summed E-state index contributed by atoms with van der Waals surface area (Å²) in [6, 6.07) is 13.8. The number of nitrogens with one attached hydrogen (secondary N) is 1. The molecule has 31 heavy (non-hydrogen) atoms.